The number of nitrogens with one attached hydrogen (secondary N) is 2. The smallest absolute Gasteiger partial charge is 0.252 e. The second-order valence-corrected chi connectivity index (χ2v) is 7.83. The van der Waals surface area contributed by atoms with E-state index in [2.05, 4.69) is 10.3 Å². The molecule has 2 aromatic heterocycles. The lowest BCUT2D eigenvalue weighted by atomic mass is 9.99. The zero-order chi connectivity index (χ0) is 22.8. The monoisotopic (exact) mass is 427 g/mol. The number of fused-ring (bicyclic) bond motifs is 1. The Balaban J connectivity index is 1.72. The van der Waals surface area contributed by atoms with Crippen LogP contribution in [0.2, 0.25) is 0 Å². The summed E-state index contributed by atoms with van der Waals surface area (Å²) >= 11 is 0. The van der Waals surface area contributed by atoms with Crippen molar-refractivity contribution in [2.75, 3.05) is 0 Å². The number of aromatic nitrogens is 2. The number of pyridine rings is 1. The molecule has 0 saturated carbocycles. The SMILES string of the molecule is Cc1ccc(CN)cc1C(=O)N[C@H](C)c1cc(-c2cc(C(N)=O)c[nH]2)nc2ccccc12. The molecule has 7 heteroatoms. The van der Waals surface area contributed by atoms with E-state index in [0.29, 0.717) is 29.1 Å². The van der Waals surface area contributed by atoms with Crippen LogP contribution in [0.3, 0.4) is 0 Å². The van der Waals surface area contributed by atoms with Gasteiger partial charge in [-0.15, -0.1) is 0 Å². The van der Waals surface area contributed by atoms with Gasteiger partial charge in [-0.3, -0.25) is 9.59 Å². The first kappa shape index (κ1) is 21.3. The maximum absolute atomic E-state index is 13.1. The van der Waals surface area contributed by atoms with Crippen molar-refractivity contribution in [3.8, 4) is 11.4 Å². The first-order valence-corrected chi connectivity index (χ1v) is 10.4. The Morgan fingerprint density at radius 3 is 2.62 bits per heavy atom. The van der Waals surface area contributed by atoms with Crippen molar-refractivity contribution < 1.29 is 9.59 Å². The van der Waals surface area contributed by atoms with E-state index in [9.17, 15) is 9.59 Å². The summed E-state index contributed by atoms with van der Waals surface area (Å²) in [5, 5.41) is 4.05. The topological polar surface area (TPSA) is 127 Å². The molecule has 0 fully saturated rings. The van der Waals surface area contributed by atoms with Crippen molar-refractivity contribution in [3.63, 3.8) is 0 Å². The fraction of sp³-hybridized carbons (Fsp3) is 0.160. The predicted octanol–water partition coefficient (Wildman–Crippen LogP) is 3.59. The van der Waals surface area contributed by atoms with E-state index in [1.807, 2.05) is 62.4 Å². The van der Waals surface area contributed by atoms with Crippen LogP contribution in [0.25, 0.3) is 22.3 Å². The summed E-state index contributed by atoms with van der Waals surface area (Å²) in [4.78, 5) is 32.3. The van der Waals surface area contributed by atoms with Crippen LogP contribution in [-0.2, 0) is 6.54 Å². The van der Waals surface area contributed by atoms with E-state index < -0.39 is 5.91 Å². The fourth-order valence-electron chi connectivity index (χ4n) is 3.78. The van der Waals surface area contributed by atoms with E-state index in [1.54, 1.807) is 12.3 Å². The molecule has 2 amide bonds. The molecule has 2 aromatic carbocycles. The number of benzene rings is 2. The first-order chi connectivity index (χ1) is 15.4. The van der Waals surface area contributed by atoms with Crippen LogP contribution in [0.15, 0.2) is 60.8 Å². The van der Waals surface area contributed by atoms with E-state index in [4.69, 9.17) is 16.5 Å². The van der Waals surface area contributed by atoms with Gasteiger partial charge in [-0.1, -0.05) is 30.3 Å². The molecule has 0 unspecified atom stereocenters. The fourth-order valence-corrected chi connectivity index (χ4v) is 3.78. The second kappa shape index (κ2) is 8.64. The average Bonchev–Trinajstić information content (AvgIpc) is 3.29. The summed E-state index contributed by atoms with van der Waals surface area (Å²) in [6.07, 6.45) is 1.56. The van der Waals surface area contributed by atoms with Gasteiger partial charge in [0, 0.05) is 23.7 Å². The molecule has 4 aromatic rings. The molecule has 0 aliphatic carbocycles. The Hall–Kier alpha value is -3.97. The van der Waals surface area contributed by atoms with Gasteiger partial charge in [0.15, 0.2) is 0 Å². The molecule has 1 atom stereocenters. The molecule has 0 saturated heterocycles. The number of aromatic amines is 1. The molecule has 0 aliphatic heterocycles. The quantitative estimate of drug-likeness (QED) is 0.375. The third-order valence-electron chi connectivity index (χ3n) is 5.59. The largest absolute Gasteiger partial charge is 0.366 e. The van der Waals surface area contributed by atoms with Crippen LogP contribution < -0.4 is 16.8 Å². The van der Waals surface area contributed by atoms with Crippen molar-refractivity contribution in [1.29, 1.82) is 0 Å². The number of hydrogen-bond acceptors (Lipinski definition) is 4. The maximum Gasteiger partial charge on any atom is 0.252 e. The minimum Gasteiger partial charge on any atom is -0.366 e. The molecule has 162 valence electrons. The Labute approximate surface area is 185 Å². The number of carbonyl (C=O) groups is 2. The van der Waals surface area contributed by atoms with Gasteiger partial charge in [-0.25, -0.2) is 4.98 Å². The molecule has 0 spiro atoms. The number of para-hydroxylation sites is 1. The standard InChI is InChI=1S/C25H25N5O2/c1-14-7-8-16(12-26)9-19(14)25(32)29-15(2)20-11-23(22-10-17(13-28-22)24(27)31)30-21-6-4-3-5-18(20)21/h3-11,13,15,28H,12,26H2,1-2H3,(H2,27,31)(H,29,32)/t15-/m1/s1. The summed E-state index contributed by atoms with van der Waals surface area (Å²) in [7, 11) is 0. The number of carbonyl (C=O) groups excluding carboxylic acids is 2. The van der Waals surface area contributed by atoms with E-state index in [-0.39, 0.29) is 11.9 Å². The van der Waals surface area contributed by atoms with Crippen molar-refractivity contribution in [3.05, 3.63) is 88.6 Å². The lowest BCUT2D eigenvalue weighted by Crippen LogP contribution is -2.27. The molecule has 6 N–H and O–H groups in total. The van der Waals surface area contributed by atoms with Gasteiger partial charge in [0.2, 0.25) is 5.91 Å². The predicted molar refractivity (Wildman–Crippen MR) is 125 cm³/mol. The molecule has 0 bridgehead atoms. The van der Waals surface area contributed by atoms with E-state index >= 15 is 0 Å². The summed E-state index contributed by atoms with van der Waals surface area (Å²) < 4.78 is 0. The van der Waals surface area contributed by atoms with Crippen LogP contribution >= 0.6 is 0 Å². The maximum atomic E-state index is 13.1. The third-order valence-corrected chi connectivity index (χ3v) is 5.59. The number of rotatable bonds is 6. The molecule has 7 nitrogen and oxygen atoms in total. The molecular weight excluding hydrogens is 402 g/mol. The van der Waals surface area contributed by atoms with Gasteiger partial charge < -0.3 is 21.8 Å². The van der Waals surface area contributed by atoms with Gasteiger partial charge in [0.05, 0.1) is 28.5 Å². The van der Waals surface area contributed by atoms with E-state index in [0.717, 1.165) is 27.6 Å². The lowest BCUT2D eigenvalue weighted by Gasteiger charge is -2.18. The second-order valence-electron chi connectivity index (χ2n) is 7.83. The molecule has 32 heavy (non-hydrogen) atoms. The van der Waals surface area contributed by atoms with Crippen LogP contribution in [0.4, 0.5) is 0 Å². The highest BCUT2D eigenvalue weighted by Crippen LogP contribution is 2.29. The molecule has 4 rings (SSSR count). The van der Waals surface area contributed by atoms with Gasteiger partial charge in [-0.2, -0.15) is 0 Å². The van der Waals surface area contributed by atoms with Crippen LogP contribution in [-0.4, -0.2) is 21.8 Å². The molecular formula is C25H25N5O2. The van der Waals surface area contributed by atoms with Crippen LogP contribution in [0.1, 0.15) is 50.4 Å². The van der Waals surface area contributed by atoms with Gasteiger partial charge in [0.1, 0.15) is 0 Å². The molecule has 0 radical (unpaired) electrons. The van der Waals surface area contributed by atoms with Gasteiger partial charge in [0.25, 0.3) is 5.91 Å². The molecule has 2 heterocycles. The van der Waals surface area contributed by atoms with E-state index in [1.165, 1.54) is 0 Å². The highest BCUT2D eigenvalue weighted by molar-refractivity contribution is 5.97. The summed E-state index contributed by atoms with van der Waals surface area (Å²) in [6, 6.07) is 16.7. The Morgan fingerprint density at radius 1 is 1.12 bits per heavy atom. The summed E-state index contributed by atoms with van der Waals surface area (Å²) in [5.74, 6) is -0.673. The number of aryl methyl sites for hydroxylation is 1. The Bertz CT molecular complexity index is 1330. The number of nitrogens with zero attached hydrogens (tertiary/aromatic N) is 1. The third kappa shape index (κ3) is 4.10. The Kier molecular flexibility index (Phi) is 5.75. The number of nitrogens with two attached hydrogens (primary N) is 2. The summed E-state index contributed by atoms with van der Waals surface area (Å²) in [5.41, 5.74) is 17.0. The van der Waals surface area contributed by atoms with Crippen molar-refractivity contribution >= 4 is 22.7 Å². The number of primary amides is 1. The summed E-state index contributed by atoms with van der Waals surface area (Å²) in [6.45, 7) is 4.22. The number of amides is 2. The number of H-pyrrole nitrogens is 1. The van der Waals surface area contributed by atoms with Crippen molar-refractivity contribution in [2.24, 2.45) is 11.5 Å². The lowest BCUT2D eigenvalue weighted by molar-refractivity contribution is 0.0938. The highest BCUT2D eigenvalue weighted by Gasteiger charge is 2.18. The molecule has 0 aliphatic rings. The van der Waals surface area contributed by atoms with Crippen molar-refractivity contribution in [1.82, 2.24) is 15.3 Å². The minimum atomic E-state index is -0.510. The minimum absolute atomic E-state index is 0.163. The highest BCUT2D eigenvalue weighted by atomic mass is 16.2. The normalized spacial score (nSPS) is 12.0. The van der Waals surface area contributed by atoms with Crippen LogP contribution in [0.5, 0.6) is 0 Å². The van der Waals surface area contributed by atoms with Gasteiger partial charge >= 0.3 is 0 Å². The van der Waals surface area contributed by atoms with Gasteiger partial charge in [-0.05, 0) is 54.8 Å². The first-order valence-electron chi connectivity index (χ1n) is 10.4. The Morgan fingerprint density at radius 2 is 1.91 bits per heavy atom. The zero-order valence-electron chi connectivity index (χ0n) is 18.0. The van der Waals surface area contributed by atoms with Crippen molar-refractivity contribution in [2.45, 2.75) is 26.4 Å². The van der Waals surface area contributed by atoms with Crippen LogP contribution in [0, 0.1) is 6.92 Å². The zero-order valence-corrected chi connectivity index (χ0v) is 18.0. The average molecular weight is 428 g/mol. The number of hydrogen-bond donors (Lipinski definition) is 4.